The van der Waals surface area contributed by atoms with Crippen LogP contribution in [0.1, 0.15) is 19.4 Å². The molecule has 0 aliphatic rings. The zero-order valence-corrected chi connectivity index (χ0v) is 10.2. The fourth-order valence-electron chi connectivity index (χ4n) is 1.31. The molecule has 0 fully saturated rings. The molecule has 0 saturated heterocycles. The number of benzene rings is 1. The summed E-state index contributed by atoms with van der Waals surface area (Å²) in [6.45, 7) is 3.95. The molecule has 0 amide bonds. The molecule has 2 N–H and O–H groups in total. The number of hydrogen-bond acceptors (Lipinski definition) is 3. The summed E-state index contributed by atoms with van der Waals surface area (Å²) in [5, 5.41) is 0. The normalized spacial score (nSPS) is 11.7. The van der Waals surface area contributed by atoms with Gasteiger partial charge in [-0.1, -0.05) is 0 Å². The van der Waals surface area contributed by atoms with E-state index in [1.54, 1.807) is 20.3 Å². The van der Waals surface area contributed by atoms with E-state index in [4.69, 9.17) is 15.2 Å². The third-order valence-electron chi connectivity index (χ3n) is 2.04. The lowest BCUT2D eigenvalue weighted by atomic mass is 10.2. The predicted octanol–water partition coefficient (Wildman–Crippen LogP) is 1.82. The SMILES string of the molecule is COc1cc(OC)cc(C(N)=NC(C)C)c1. The van der Waals surface area contributed by atoms with Crippen molar-refractivity contribution < 1.29 is 9.47 Å². The van der Waals surface area contributed by atoms with Crippen molar-refractivity contribution in [3.8, 4) is 11.5 Å². The Morgan fingerprint density at radius 1 is 1.12 bits per heavy atom. The van der Waals surface area contributed by atoms with E-state index in [9.17, 15) is 0 Å². The van der Waals surface area contributed by atoms with Gasteiger partial charge < -0.3 is 15.2 Å². The lowest BCUT2D eigenvalue weighted by molar-refractivity contribution is 0.394. The fraction of sp³-hybridized carbons (Fsp3) is 0.417. The van der Waals surface area contributed by atoms with Gasteiger partial charge in [-0.25, -0.2) is 0 Å². The standard InChI is InChI=1S/C12H18N2O2/c1-8(2)14-12(13)9-5-10(15-3)7-11(6-9)16-4/h5-8H,1-4H3,(H2,13,14). The molecule has 0 aliphatic carbocycles. The van der Waals surface area contributed by atoms with E-state index in [2.05, 4.69) is 4.99 Å². The van der Waals surface area contributed by atoms with Gasteiger partial charge >= 0.3 is 0 Å². The van der Waals surface area contributed by atoms with Crippen molar-refractivity contribution in [2.75, 3.05) is 14.2 Å². The van der Waals surface area contributed by atoms with Crippen molar-refractivity contribution in [3.63, 3.8) is 0 Å². The van der Waals surface area contributed by atoms with Crippen molar-refractivity contribution in [1.82, 2.24) is 0 Å². The number of ether oxygens (including phenoxy) is 2. The number of nitrogens with zero attached hydrogens (tertiary/aromatic N) is 1. The van der Waals surface area contributed by atoms with Crippen LogP contribution in [0, 0.1) is 0 Å². The molecule has 0 aromatic heterocycles. The molecule has 0 saturated carbocycles. The van der Waals surface area contributed by atoms with Crippen LogP contribution in [-0.4, -0.2) is 26.1 Å². The van der Waals surface area contributed by atoms with E-state index < -0.39 is 0 Å². The van der Waals surface area contributed by atoms with Crippen molar-refractivity contribution in [1.29, 1.82) is 0 Å². The smallest absolute Gasteiger partial charge is 0.126 e. The molecule has 0 unspecified atom stereocenters. The summed E-state index contributed by atoms with van der Waals surface area (Å²) < 4.78 is 10.3. The van der Waals surface area contributed by atoms with E-state index in [-0.39, 0.29) is 6.04 Å². The zero-order valence-electron chi connectivity index (χ0n) is 10.2. The maximum Gasteiger partial charge on any atom is 0.126 e. The quantitative estimate of drug-likeness (QED) is 0.624. The second kappa shape index (κ2) is 5.39. The van der Waals surface area contributed by atoms with E-state index in [1.807, 2.05) is 26.0 Å². The molecule has 0 radical (unpaired) electrons. The number of nitrogens with two attached hydrogens (primary N) is 1. The van der Waals surface area contributed by atoms with Gasteiger partial charge in [0, 0.05) is 17.7 Å². The Morgan fingerprint density at radius 2 is 1.62 bits per heavy atom. The van der Waals surface area contributed by atoms with Crippen LogP contribution in [-0.2, 0) is 0 Å². The van der Waals surface area contributed by atoms with E-state index in [1.165, 1.54) is 0 Å². The maximum atomic E-state index is 5.88. The van der Waals surface area contributed by atoms with Crippen LogP contribution in [0.5, 0.6) is 11.5 Å². The Hall–Kier alpha value is -1.71. The summed E-state index contributed by atoms with van der Waals surface area (Å²) in [5.41, 5.74) is 6.69. The molecule has 4 heteroatoms. The first-order chi connectivity index (χ1) is 7.56. The summed E-state index contributed by atoms with van der Waals surface area (Å²) >= 11 is 0. The molecule has 88 valence electrons. The Morgan fingerprint density at radius 3 is 2.00 bits per heavy atom. The molecular formula is C12H18N2O2. The van der Waals surface area contributed by atoms with Gasteiger partial charge in [0.25, 0.3) is 0 Å². The predicted molar refractivity (Wildman–Crippen MR) is 65.4 cm³/mol. The molecule has 0 spiro atoms. The fourth-order valence-corrected chi connectivity index (χ4v) is 1.31. The summed E-state index contributed by atoms with van der Waals surface area (Å²) in [6, 6.07) is 5.64. The van der Waals surface area contributed by atoms with Crippen LogP contribution < -0.4 is 15.2 Å². The average molecular weight is 222 g/mol. The average Bonchev–Trinajstić information content (AvgIpc) is 2.27. The highest BCUT2D eigenvalue weighted by molar-refractivity contribution is 5.98. The van der Waals surface area contributed by atoms with Gasteiger partial charge in [-0.15, -0.1) is 0 Å². The van der Waals surface area contributed by atoms with Crippen LogP contribution in [0.2, 0.25) is 0 Å². The van der Waals surface area contributed by atoms with Crippen LogP contribution >= 0.6 is 0 Å². The second-order valence-corrected chi connectivity index (χ2v) is 3.71. The van der Waals surface area contributed by atoms with Crippen LogP contribution in [0.4, 0.5) is 0 Å². The molecular weight excluding hydrogens is 204 g/mol. The van der Waals surface area contributed by atoms with Gasteiger partial charge in [-0.3, -0.25) is 4.99 Å². The van der Waals surface area contributed by atoms with E-state index in [0.717, 1.165) is 5.56 Å². The van der Waals surface area contributed by atoms with E-state index >= 15 is 0 Å². The maximum absolute atomic E-state index is 5.88. The van der Waals surface area contributed by atoms with Gasteiger partial charge in [0.2, 0.25) is 0 Å². The molecule has 0 heterocycles. The summed E-state index contributed by atoms with van der Waals surface area (Å²) in [7, 11) is 3.21. The minimum Gasteiger partial charge on any atom is -0.497 e. The van der Waals surface area contributed by atoms with Crippen molar-refractivity contribution in [2.24, 2.45) is 10.7 Å². The topological polar surface area (TPSA) is 56.8 Å². The lowest BCUT2D eigenvalue weighted by Gasteiger charge is -2.08. The third kappa shape index (κ3) is 3.15. The Bertz CT molecular complexity index is 364. The van der Waals surface area contributed by atoms with Gasteiger partial charge in [-0.2, -0.15) is 0 Å². The van der Waals surface area contributed by atoms with Gasteiger partial charge in [0.1, 0.15) is 17.3 Å². The Balaban J connectivity index is 3.12. The first-order valence-electron chi connectivity index (χ1n) is 5.13. The lowest BCUT2D eigenvalue weighted by Crippen LogP contribution is -2.15. The summed E-state index contributed by atoms with van der Waals surface area (Å²) in [4.78, 5) is 4.28. The first kappa shape index (κ1) is 12.4. The monoisotopic (exact) mass is 222 g/mol. The highest BCUT2D eigenvalue weighted by Gasteiger charge is 2.05. The number of rotatable bonds is 4. The summed E-state index contributed by atoms with van der Waals surface area (Å²) in [5.74, 6) is 1.90. The Labute approximate surface area is 96.1 Å². The highest BCUT2D eigenvalue weighted by atomic mass is 16.5. The van der Waals surface area contributed by atoms with Gasteiger partial charge in [0.05, 0.1) is 14.2 Å². The number of hydrogen-bond donors (Lipinski definition) is 1. The van der Waals surface area contributed by atoms with Crippen LogP contribution in [0.15, 0.2) is 23.2 Å². The van der Waals surface area contributed by atoms with Crippen molar-refractivity contribution in [2.45, 2.75) is 19.9 Å². The molecule has 1 aromatic rings. The zero-order chi connectivity index (χ0) is 12.1. The van der Waals surface area contributed by atoms with E-state index in [0.29, 0.717) is 17.3 Å². The number of aliphatic imine (C=N–C) groups is 1. The molecule has 1 rings (SSSR count). The minimum absolute atomic E-state index is 0.164. The summed E-state index contributed by atoms with van der Waals surface area (Å²) in [6.07, 6.45) is 0. The molecule has 0 bridgehead atoms. The van der Waals surface area contributed by atoms with Crippen molar-refractivity contribution in [3.05, 3.63) is 23.8 Å². The molecule has 16 heavy (non-hydrogen) atoms. The number of methoxy groups -OCH3 is 2. The van der Waals surface area contributed by atoms with Crippen molar-refractivity contribution >= 4 is 5.84 Å². The first-order valence-corrected chi connectivity index (χ1v) is 5.13. The third-order valence-corrected chi connectivity index (χ3v) is 2.04. The Kier molecular flexibility index (Phi) is 4.17. The largest absolute Gasteiger partial charge is 0.497 e. The molecule has 1 aromatic carbocycles. The highest BCUT2D eigenvalue weighted by Crippen LogP contribution is 2.22. The number of amidine groups is 1. The molecule has 0 aliphatic heterocycles. The van der Waals surface area contributed by atoms with Crippen LogP contribution in [0.3, 0.4) is 0 Å². The molecule has 0 atom stereocenters. The minimum atomic E-state index is 0.164. The van der Waals surface area contributed by atoms with Crippen LogP contribution in [0.25, 0.3) is 0 Å². The molecule has 4 nitrogen and oxygen atoms in total. The van der Waals surface area contributed by atoms with Gasteiger partial charge in [0.15, 0.2) is 0 Å². The second-order valence-electron chi connectivity index (χ2n) is 3.71. The van der Waals surface area contributed by atoms with Gasteiger partial charge in [-0.05, 0) is 26.0 Å².